The highest BCUT2D eigenvalue weighted by Gasteiger charge is 2.14. The Bertz CT molecular complexity index is 1290. The van der Waals surface area contributed by atoms with Gasteiger partial charge in [0.25, 0.3) is 0 Å². The minimum absolute atomic E-state index is 0. The summed E-state index contributed by atoms with van der Waals surface area (Å²) in [6.45, 7) is 2.15. The van der Waals surface area contributed by atoms with Crippen molar-refractivity contribution < 1.29 is 5.11 Å². The monoisotopic (exact) mass is 389 g/mol. The number of benzene rings is 2. The van der Waals surface area contributed by atoms with E-state index in [1.165, 1.54) is 5.39 Å². The van der Waals surface area contributed by atoms with E-state index in [9.17, 15) is 5.11 Å². The number of para-hydroxylation sites is 1. The number of aryl methyl sites for hydroxylation is 1. The van der Waals surface area contributed by atoms with Gasteiger partial charge in [-0.3, -0.25) is 0 Å². The molecule has 0 atom stereocenters. The predicted molar refractivity (Wildman–Crippen MR) is 116 cm³/mol. The summed E-state index contributed by atoms with van der Waals surface area (Å²) >= 11 is 0. The molecule has 28 heavy (non-hydrogen) atoms. The second-order valence-corrected chi connectivity index (χ2v) is 6.80. The first-order valence-electron chi connectivity index (χ1n) is 9.00. The summed E-state index contributed by atoms with van der Waals surface area (Å²) in [6.07, 6.45) is 4.15. The first kappa shape index (κ1) is 18.3. The molecule has 5 heteroatoms. The first-order valence-corrected chi connectivity index (χ1v) is 9.00. The van der Waals surface area contributed by atoms with Crippen molar-refractivity contribution in [3.8, 4) is 22.4 Å². The van der Waals surface area contributed by atoms with Crippen molar-refractivity contribution in [2.45, 2.75) is 13.5 Å². The number of imidazole rings is 1. The molecule has 5 rings (SSSR count). The van der Waals surface area contributed by atoms with E-state index in [1.54, 1.807) is 0 Å². The molecule has 0 aliphatic heterocycles. The van der Waals surface area contributed by atoms with Crippen LogP contribution in [0.1, 0.15) is 11.3 Å². The van der Waals surface area contributed by atoms with Crippen LogP contribution < -0.4 is 0 Å². The number of aromatic nitrogens is 3. The predicted octanol–water partition coefficient (Wildman–Crippen LogP) is 5.37. The quantitative estimate of drug-likeness (QED) is 0.435. The maximum absolute atomic E-state index is 9.40. The van der Waals surface area contributed by atoms with Crippen LogP contribution in [0.15, 0.2) is 73.1 Å². The van der Waals surface area contributed by atoms with E-state index < -0.39 is 0 Å². The number of aliphatic hydroxyl groups excluding tert-OH is 1. The smallest absolute Gasteiger partial charge is 0.137 e. The van der Waals surface area contributed by atoms with Crippen LogP contribution >= 0.6 is 12.4 Å². The molecule has 0 saturated carbocycles. The van der Waals surface area contributed by atoms with Gasteiger partial charge in [0.15, 0.2) is 0 Å². The van der Waals surface area contributed by atoms with Crippen LogP contribution in [0.5, 0.6) is 0 Å². The van der Waals surface area contributed by atoms with Gasteiger partial charge in [0, 0.05) is 34.6 Å². The third-order valence-corrected chi connectivity index (χ3v) is 5.14. The molecule has 4 nitrogen and oxygen atoms in total. The lowest BCUT2D eigenvalue weighted by atomic mass is 10.1. The van der Waals surface area contributed by atoms with Gasteiger partial charge in [-0.15, -0.1) is 12.4 Å². The summed E-state index contributed by atoms with van der Waals surface area (Å²) in [5.74, 6) is 0. The Hall–Kier alpha value is -3.08. The van der Waals surface area contributed by atoms with Gasteiger partial charge in [0.1, 0.15) is 5.65 Å². The van der Waals surface area contributed by atoms with E-state index in [0.717, 1.165) is 44.8 Å². The molecule has 3 heterocycles. The maximum atomic E-state index is 9.40. The number of nitrogens with one attached hydrogen (secondary N) is 1. The molecule has 3 aromatic heterocycles. The van der Waals surface area contributed by atoms with Crippen molar-refractivity contribution in [2.75, 3.05) is 0 Å². The molecule has 0 radical (unpaired) electrons. The van der Waals surface area contributed by atoms with Gasteiger partial charge in [-0.05, 0) is 47.9 Å². The van der Waals surface area contributed by atoms with E-state index in [4.69, 9.17) is 4.98 Å². The Balaban J connectivity index is 0.00000192. The van der Waals surface area contributed by atoms with Gasteiger partial charge in [0.2, 0.25) is 0 Å². The van der Waals surface area contributed by atoms with E-state index >= 15 is 0 Å². The molecule has 0 spiro atoms. The topological polar surface area (TPSA) is 53.3 Å². The largest absolute Gasteiger partial charge is 0.392 e. The Morgan fingerprint density at radius 3 is 2.71 bits per heavy atom. The number of nitrogens with zero attached hydrogens (tertiary/aromatic N) is 2. The van der Waals surface area contributed by atoms with Crippen LogP contribution in [-0.2, 0) is 6.61 Å². The van der Waals surface area contributed by atoms with Crippen molar-refractivity contribution in [1.29, 1.82) is 0 Å². The summed E-state index contributed by atoms with van der Waals surface area (Å²) in [7, 11) is 0. The first-order chi connectivity index (χ1) is 13.2. The highest BCUT2D eigenvalue weighted by atomic mass is 35.5. The number of H-pyrrole nitrogens is 1. The summed E-state index contributed by atoms with van der Waals surface area (Å²) in [5, 5.41) is 10.6. The maximum Gasteiger partial charge on any atom is 0.137 e. The van der Waals surface area contributed by atoms with E-state index in [1.807, 2.05) is 36.5 Å². The molecule has 0 fully saturated rings. The molecule has 0 amide bonds. The molecular weight excluding hydrogens is 370 g/mol. The minimum atomic E-state index is 0. The molecule has 0 aliphatic rings. The average Bonchev–Trinajstić information content (AvgIpc) is 3.29. The summed E-state index contributed by atoms with van der Waals surface area (Å²) in [6, 6.07) is 20.4. The normalized spacial score (nSPS) is 11.1. The second-order valence-electron chi connectivity index (χ2n) is 6.80. The Morgan fingerprint density at radius 1 is 1.00 bits per heavy atom. The summed E-state index contributed by atoms with van der Waals surface area (Å²) < 4.78 is 2.14. The number of halogens is 1. The van der Waals surface area contributed by atoms with Gasteiger partial charge in [-0.1, -0.05) is 36.4 Å². The number of fused-ring (bicyclic) bond motifs is 2. The molecule has 0 bridgehead atoms. The molecule has 0 aliphatic carbocycles. The number of hydrogen-bond acceptors (Lipinski definition) is 2. The van der Waals surface area contributed by atoms with Gasteiger partial charge in [-0.25, -0.2) is 4.98 Å². The number of rotatable bonds is 3. The van der Waals surface area contributed by atoms with Gasteiger partial charge >= 0.3 is 0 Å². The molecule has 5 aromatic rings. The summed E-state index contributed by atoms with van der Waals surface area (Å²) in [5.41, 5.74) is 8.36. The van der Waals surface area contributed by atoms with E-state index in [0.29, 0.717) is 0 Å². The highest BCUT2D eigenvalue weighted by molar-refractivity contribution is 5.95. The zero-order valence-corrected chi connectivity index (χ0v) is 16.2. The third kappa shape index (κ3) is 2.87. The van der Waals surface area contributed by atoms with Crippen molar-refractivity contribution in [2.24, 2.45) is 0 Å². The van der Waals surface area contributed by atoms with Crippen molar-refractivity contribution in [1.82, 2.24) is 14.4 Å². The van der Waals surface area contributed by atoms with Crippen molar-refractivity contribution in [3.05, 3.63) is 84.3 Å². The minimum Gasteiger partial charge on any atom is -0.392 e. The van der Waals surface area contributed by atoms with Crippen molar-refractivity contribution in [3.63, 3.8) is 0 Å². The lowest BCUT2D eigenvalue weighted by Gasteiger charge is -2.06. The van der Waals surface area contributed by atoms with E-state index in [2.05, 4.69) is 52.8 Å². The van der Waals surface area contributed by atoms with Crippen molar-refractivity contribution >= 4 is 29.0 Å². The molecule has 2 aromatic carbocycles. The molecule has 0 unspecified atom stereocenters. The number of aromatic amines is 1. The fourth-order valence-electron chi connectivity index (χ4n) is 3.70. The standard InChI is InChI=1S/C23H19N3O.ClH/c1-15-23(20-12-24-21-8-3-2-7-19(20)21)25-22-10-9-18(13-26(15)22)17-6-4-5-16(11-17)14-27;/h2-13,24,27H,14H2,1H3;1H. The molecule has 2 N–H and O–H groups in total. The number of pyridine rings is 1. The van der Waals surface area contributed by atoms with Gasteiger partial charge in [0.05, 0.1) is 12.3 Å². The van der Waals surface area contributed by atoms with Crippen LogP contribution in [0.2, 0.25) is 0 Å². The molecule has 0 saturated heterocycles. The molecule has 140 valence electrons. The Labute approximate surface area is 168 Å². The number of hydrogen-bond donors (Lipinski definition) is 2. The Kier molecular flexibility index (Phi) is 4.67. The fourth-order valence-corrected chi connectivity index (χ4v) is 3.70. The zero-order valence-electron chi connectivity index (χ0n) is 15.4. The van der Waals surface area contributed by atoms with Crippen LogP contribution in [-0.4, -0.2) is 19.5 Å². The Morgan fingerprint density at radius 2 is 1.86 bits per heavy atom. The fraction of sp³-hybridized carbons (Fsp3) is 0.0870. The van der Waals surface area contributed by atoms with E-state index in [-0.39, 0.29) is 19.0 Å². The van der Waals surface area contributed by atoms with Gasteiger partial charge < -0.3 is 14.5 Å². The van der Waals surface area contributed by atoms with Gasteiger partial charge in [-0.2, -0.15) is 0 Å². The van der Waals surface area contributed by atoms with Crippen LogP contribution in [0.3, 0.4) is 0 Å². The second kappa shape index (κ2) is 7.15. The number of aliphatic hydroxyl groups is 1. The van der Waals surface area contributed by atoms with Crippen LogP contribution in [0, 0.1) is 6.92 Å². The van der Waals surface area contributed by atoms with Crippen LogP contribution in [0.25, 0.3) is 38.9 Å². The third-order valence-electron chi connectivity index (χ3n) is 5.14. The SMILES string of the molecule is Cc1c(-c2c[nH]c3ccccc23)nc2ccc(-c3cccc(CO)c3)cn12.Cl. The van der Waals surface area contributed by atoms with Crippen LogP contribution in [0.4, 0.5) is 0 Å². The lowest BCUT2D eigenvalue weighted by Crippen LogP contribution is -1.90. The highest BCUT2D eigenvalue weighted by Crippen LogP contribution is 2.31. The zero-order chi connectivity index (χ0) is 18.4. The summed E-state index contributed by atoms with van der Waals surface area (Å²) in [4.78, 5) is 8.21. The lowest BCUT2D eigenvalue weighted by molar-refractivity contribution is 0.282. The molecular formula is C23H20ClN3O. The average molecular weight is 390 g/mol.